The maximum absolute atomic E-state index is 15.8. The van der Waals surface area contributed by atoms with Crippen LogP contribution in [0.5, 0.6) is 17.2 Å². The number of hydrogen-bond donors (Lipinski definition) is 2. The first-order valence-electron chi connectivity index (χ1n) is 26.1. The van der Waals surface area contributed by atoms with E-state index in [9.17, 15) is 25.6 Å². The molecule has 1 saturated carbocycles. The quantitative estimate of drug-likeness (QED) is 0.0305. The van der Waals surface area contributed by atoms with Crippen LogP contribution in [0.3, 0.4) is 0 Å². The summed E-state index contributed by atoms with van der Waals surface area (Å²) in [5.41, 5.74) is 4.65. The molecule has 13 nitrogen and oxygen atoms in total. The Labute approximate surface area is 442 Å². The monoisotopic (exact) mass is 1020 g/mol. The number of nitro benzene ring substituents is 1. The third-order valence-electron chi connectivity index (χ3n) is 15.3. The summed E-state index contributed by atoms with van der Waals surface area (Å²) in [6.45, 7) is 4.42. The fourth-order valence-electron chi connectivity index (χ4n) is 11.8. The number of oxime groups is 1. The first-order valence-corrected chi connectivity index (χ1v) is 26.1. The highest BCUT2D eigenvalue weighted by atomic mass is 16.7. The third-order valence-corrected chi connectivity index (χ3v) is 15.3. The summed E-state index contributed by atoms with van der Waals surface area (Å²) in [5.74, 6) is -1.06. The van der Waals surface area contributed by atoms with Gasteiger partial charge < -0.3 is 34.2 Å². The Morgan fingerprint density at radius 3 is 2.30 bits per heavy atom. The Morgan fingerprint density at radius 1 is 0.842 bits per heavy atom. The molecular formula is C63H60N4O9. The molecule has 1 aliphatic heterocycles. The maximum atomic E-state index is 15.8. The Hall–Kier alpha value is -8.15. The molecule has 386 valence electrons. The van der Waals surface area contributed by atoms with Crippen molar-refractivity contribution < 1.29 is 39.0 Å². The second-order valence-corrected chi connectivity index (χ2v) is 19.8. The SMILES string of the molecule is C=CCOC12Oc3ccc(Oc4ccc5ccccc5c4)cc3C3C(CCCCO)C(CCCCO)C=C(C(=NOCc4ccc([N+](=O)[O-])cc4)CC1N(Cc1cccc4ccccc14)C(=O)c1ccc(C#N)cc1)C32. The largest absolute Gasteiger partial charge is 0.459 e. The van der Waals surface area contributed by atoms with Gasteiger partial charge in [0.05, 0.1) is 34.8 Å². The lowest BCUT2D eigenvalue weighted by Gasteiger charge is -2.60. The highest BCUT2D eigenvalue weighted by molar-refractivity contribution is 6.03. The van der Waals surface area contributed by atoms with Gasteiger partial charge in [-0.05, 0) is 142 Å². The minimum absolute atomic E-state index is 0.00799. The van der Waals surface area contributed by atoms with Crippen LogP contribution in [0.1, 0.15) is 83.5 Å². The number of nitrogens with zero attached hydrogens (tertiary/aromatic N) is 4. The summed E-state index contributed by atoms with van der Waals surface area (Å²) in [6, 6.07) is 48.3. The second kappa shape index (κ2) is 23.2. The van der Waals surface area contributed by atoms with Crippen molar-refractivity contribution in [2.24, 2.45) is 22.9 Å². The van der Waals surface area contributed by atoms with Gasteiger partial charge in [0.2, 0.25) is 5.79 Å². The molecule has 0 radical (unpaired) electrons. The van der Waals surface area contributed by atoms with E-state index in [1.165, 1.54) is 12.1 Å². The van der Waals surface area contributed by atoms with Gasteiger partial charge in [0.1, 0.15) is 29.9 Å². The average Bonchev–Trinajstić information content (AvgIpc) is 3.49. The Kier molecular flexibility index (Phi) is 15.7. The van der Waals surface area contributed by atoms with Crippen LogP contribution in [0.25, 0.3) is 21.5 Å². The van der Waals surface area contributed by atoms with Crippen LogP contribution in [0.2, 0.25) is 0 Å². The van der Waals surface area contributed by atoms with Crippen LogP contribution in [0.4, 0.5) is 5.69 Å². The Bertz CT molecular complexity index is 3340. The van der Waals surface area contributed by atoms with Crippen LogP contribution in [-0.4, -0.2) is 63.3 Å². The number of rotatable bonds is 21. The standard InChI is InChI=1S/C63H60N4O9/c1-2-34-73-63-59(66(62(70)46-24-20-42(39-64)21-25-46)40-49-17-11-16-45-13-5-6-18-53(45)49)38-57(65-74-41-43-22-27-50(28-23-43)67(71)72)55-36-48(15-7-9-32-68)54(19-8-10-33-69)60(61(55)63)56-37-52(30-31-58(56)76-63)75-51-29-26-44-12-3-4-14-47(44)35-51/h2-6,11-14,16-18,20-31,35-37,48,54,59-61,68-69H,1,7-10,15,19,32-34,38,40-41H2. The number of aliphatic hydroxyl groups excluding tert-OH is 2. The van der Waals surface area contributed by atoms with Gasteiger partial charge in [-0.2, -0.15) is 5.26 Å². The second-order valence-electron chi connectivity index (χ2n) is 19.8. The van der Waals surface area contributed by atoms with Crippen molar-refractivity contribution in [2.45, 2.75) is 75.8 Å². The predicted molar refractivity (Wildman–Crippen MR) is 292 cm³/mol. The number of unbranched alkanes of at least 4 members (excludes halogenated alkanes) is 2. The number of nitriles is 1. The van der Waals surface area contributed by atoms with Crippen LogP contribution >= 0.6 is 0 Å². The van der Waals surface area contributed by atoms with Gasteiger partial charge in [-0.1, -0.05) is 103 Å². The zero-order valence-electron chi connectivity index (χ0n) is 42.2. The zero-order valence-corrected chi connectivity index (χ0v) is 42.2. The molecule has 13 heteroatoms. The number of non-ortho nitro benzene ring substituents is 1. The number of nitro groups is 1. The number of benzene rings is 7. The van der Waals surface area contributed by atoms with Crippen molar-refractivity contribution in [1.82, 2.24) is 4.90 Å². The van der Waals surface area contributed by atoms with Gasteiger partial charge in [-0.3, -0.25) is 14.9 Å². The molecule has 7 aromatic carbocycles. The van der Waals surface area contributed by atoms with Crippen LogP contribution in [0.15, 0.2) is 181 Å². The fraction of sp³-hybridized carbons (Fsp3) is 0.286. The van der Waals surface area contributed by atoms with E-state index in [2.05, 4.69) is 43.0 Å². The third kappa shape index (κ3) is 10.6. The number of ether oxygens (including phenoxy) is 3. The minimum atomic E-state index is -1.58. The summed E-state index contributed by atoms with van der Waals surface area (Å²) < 4.78 is 21.6. The van der Waals surface area contributed by atoms with Gasteiger partial charge in [0.15, 0.2) is 0 Å². The van der Waals surface area contributed by atoms with Gasteiger partial charge in [-0.25, -0.2) is 0 Å². The molecule has 3 aliphatic rings. The highest BCUT2D eigenvalue weighted by Gasteiger charge is 2.65. The Balaban J connectivity index is 1.19. The Morgan fingerprint density at radius 2 is 1.55 bits per heavy atom. The molecule has 76 heavy (non-hydrogen) atoms. The van der Waals surface area contributed by atoms with Crippen LogP contribution < -0.4 is 9.47 Å². The van der Waals surface area contributed by atoms with Crippen molar-refractivity contribution in [3.63, 3.8) is 0 Å². The van der Waals surface area contributed by atoms with Gasteiger partial charge in [0.25, 0.3) is 11.6 Å². The molecular weight excluding hydrogens is 957 g/mol. The van der Waals surface area contributed by atoms with E-state index in [1.807, 2.05) is 83.8 Å². The van der Waals surface area contributed by atoms with E-state index in [0.717, 1.165) is 63.9 Å². The smallest absolute Gasteiger partial charge is 0.269 e. The molecule has 1 fully saturated rings. The molecule has 0 bridgehead atoms. The van der Waals surface area contributed by atoms with E-state index < -0.39 is 22.7 Å². The molecule has 10 rings (SSSR count). The maximum Gasteiger partial charge on any atom is 0.269 e. The number of hydrogen-bond acceptors (Lipinski definition) is 11. The van der Waals surface area contributed by atoms with Gasteiger partial charge in [-0.15, -0.1) is 6.58 Å². The molecule has 7 aromatic rings. The number of carbonyl (C=O) groups is 1. The van der Waals surface area contributed by atoms with E-state index in [1.54, 1.807) is 42.5 Å². The molecule has 1 amide bonds. The summed E-state index contributed by atoms with van der Waals surface area (Å²) >= 11 is 0. The minimum Gasteiger partial charge on any atom is -0.459 e. The number of fused-ring (bicyclic) bond motifs is 4. The summed E-state index contributed by atoms with van der Waals surface area (Å²) in [6.07, 6.45) is 8.31. The van der Waals surface area contributed by atoms with Crippen molar-refractivity contribution >= 4 is 38.9 Å². The topological polar surface area (TPSA) is 177 Å². The molecule has 6 atom stereocenters. The van der Waals surface area contributed by atoms with E-state index in [0.29, 0.717) is 52.5 Å². The molecule has 1 heterocycles. The molecule has 0 aromatic heterocycles. The van der Waals surface area contributed by atoms with E-state index in [4.69, 9.17) is 24.2 Å². The number of amides is 1. The van der Waals surface area contributed by atoms with Crippen molar-refractivity contribution in [3.8, 4) is 23.3 Å². The summed E-state index contributed by atoms with van der Waals surface area (Å²) in [4.78, 5) is 35.1. The lowest BCUT2D eigenvalue weighted by molar-refractivity contribution is -0.384. The predicted octanol–water partition coefficient (Wildman–Crippen LogP) is 12.7. The van der Waals surface area contributed by atoms with Crippen molar-refractivity contribution in [1.29, 1.82) is 5.26 Å². The molecule has 0 saturated heterocycles. The highest BCUT2D eigenvalue weighted by Crippen LogP contribution is 2.62. The first-order chi connectivity index (χ1) is 37.2. The lowest BCUT2D eigenvalue weighted by Crippen LogP contribution is -2.70. The van der Waals surface area contributed by atoms with E-state index in [-0.39, 0.29) is 68.7 Å². The normalized spacial score (nSPS) is 20.9. The lowest BCUT2D eigenvalue weighted by atomic mass is 9.55. The molecule has 6 unspecified atom stereocenters. The van der Waals surface area contributed by atoms with Crippen LogP contribution in [0, 0.1) is 39.2 Å². The van der Waals surface area contributed by atoms with Crippen molar-refractivity contribution in [3.05, 3.63) is 214 Å². The van der Waals surface area contributed by atoms with Crippen molar-refractivity contribution in [2.75, 3.05) is 19.8 Å². The summed E-state index contributed by atoms with van der Waals surface area (Å²) in [5, 5.41) is 50.8. The number of allylic oxidation sites excluding steroid dienone is 1. The number of aliphatic hydroxyl groups is 2. The van der Waals surface area contributed by atoms with E-state index >= 15 is 4.79 Å². The zero-order chi connectivity index (χ0) is 52.6. The van der Waals surface area contributed by atoms with Crippen LogP contribution in [-0.2, 0) is 22.7 Å². The molecule has 0 spiro atoms. The average molecular weight is 1020 g/mol. The van der Waals surface area contributed by atoms with Gasteiger partial charge in [0, 0.05) is 55.4 Å². The molecule has 2 N–H and O–H groups in total. The summed E-state index contributed by atoms with van der Waals surface area (Å²) in [7, 11) is 0. The molecule has 2 aliphatic carbocycles. The first kappa shape index (κ1) is 51.3. The number of carbonyl (C=O) groups excluding carboxylic acids is 1. The van der Waals surface area contributed by atoms with Gasteiger partial charge >= 0.3 is 0 Å². The fourth-order valence-corrected chi connectivity index (χ4v) is 11.8.